The highest BCUT2D eigenvalue weighted by Crippen LogP contribution is 2.17. The van der Waals surface area contributed by atoms with Crippen LogP contribution in [0.5, 0.6) is 0 Å². The number of nitrogens with zero attached hydrogens (tertiary/aromatic N) is 3. The number of aryl methyl sites for hydroxylation is 1. The molecule has 0 spiro atoms. The highest BCUT2D eigenvalue weighted by Gasteiger charge is 2.15. The molecule has 1 saturated heterocycles. The summed E-state index contributed by atoms with van der Waals surface area (Å²) >= 11 is 6.01. The van der Waals surface area contributed by atoms with E-state index in [0.29, 0.717) is 10.6 Å². The van der Waals surface area contributed by atoms with Crippen molar-refractivity contribution in [2.75, 3.05) is 26.2 Å². The Balaban J connectivity index is 0.00000225. The maximum Gasteiger partial charge on any atom is 0.133 e. The van der Waals surface area contributed by atoms with E-state index in [0.717, 1.165) is 32.7 Å². The zero-order valence-electron chi connectivity index (χ0n) is 14.2. The van der Waals surface area contributed by atoms with Crippen LogP contribution < -0.4 is 0 Å². The van der Waals surface area contributed by atoms with Gasteiger partial charge in [0.2, 0.25) is 0 Å². The molecule has 0 amide bonds. The van der Waals surface area contributed by atoms with Gasteiger partial charge in [0.05, 0.1) is 11.2 Å². The summed E-state index contributed by atoms with van der Waals surface area (Å²) < 4.78 is 13.7. The zero-order valence-corrected chi connectivity index (χ0v) is 15.7. The number of hydrogen-bond donors (Lipinski definition) is 0. The Morgan fingerprint density at radius 2 is 1.76 bits per heavy atom. The number of piperazine rings is 1. The van der Waals surface area contributed by atoms with Gasteiger partial charge < -0.3 is 0 Å². The van der Waals surface area contributed by atoms with E-state index in [2.05, 4.69) is 41.2 Å². The number of hydrazone groups is 1. The third kappa shape index (κ3) is 5.43. The average molecular weight is 382 g/mol. The molecule has 2 aromatic rings. The first kappa shape index (κ1) is 19.7. The van der Waals surface area contributed by atoms with Crippen molar-refractivity contribution in [3.63, 3.8) is 0 Å². The van der Waals surface area contributed by atoms with Crippen molar-refractivity contribution in [2.24, 2.45) is 5.10 Å². The summed E-state index contributed by atoms with van der Waals surface area (Å²) in [6.45, 7) is 6.59. The van der Waals surface area contributed by atoms with Crippen LogP contribution in [0, 0.1) is 12.7 Å². The molecule has 1 fully saturated rings. The van der Waals surface area contributed by atoms with Crippen LogP contribution in [-0.4, -0.2) is 42.3 Å². The number of benzene rings is 2. The Bertz CT molecular complexity index is 691. The van der Waals surface area contributed by atoms with Gasteiger partial charge in [0.15, 0.2) is 0 Å². The van der Waals surface area contributed by atoms with Crippen LogP contribution in [-0.2, 0) is 6.54 Å². The molecule has 0 aromatic heterocycles. The second-order valence-electron chi connectivity index (χ2n) is 6.10. The van der Waals surface area contributed by atoms with Crippen molar-refractivity contribution < 1.29 is 4.39 Å². The van der Waals surface area contributed by atoms with E-state index in [-0.39, 0.29) is 18.2 Å². The van der Waals surface area contributed by atoms with Crippen LogP contribution >= 0.6 is 24.0 Å². The SMILES string of the molecule is Cc1ccc(CN2CCN(/N=C/c3c(F)cccc3Cl)CC2)cc1.Cl. The third-order valence-corrected chi connectivity index (χ3v) is 4.55. The molecule has 0 saturated carbocycles. The lowest BCUT2D eigenvalue weighted by molar-refractivity contribution is 0.131. The van der Waals surface area contributed by atoms with E-state index in [9.17, 15) is 4.39 Å². The highest BCUT2D eigenvalue weighted by molar-refractivity contribution is 6.33. The molecule has 0 bridgehead atoms. The molecule has 0 N–H and O–H groups in total. The predicted molar refractivity (Wildman–Crippen MR) is 104 cm³/mol. The lowest BCUT2D eigenvalue weighted by atomic mass is 10.1. The standard InChI is InChI=1S/C19H21ClFN3.ClH/c1-15-5-7-16(8-6-15)14-23-9-11-24(12-10-23)22-13-17-18(20)3-2-4-19(17)21;/h2-8,13H,9-12,14H2,1H3;1H/b22-13+;. The van der Waals surface area contributed by atoms with Crippen molar-refractivity contribution in [3.8, 4) is 0 Å². The van der Waals surface area contributed by atoms with Gasteiger partial charge in [-0.05, 0) is 24.6 Å². The van der Waals surface area contributed by atoms with Crippen LogP contribution in [0.3, 0.4) is 0 Å². The molecule has 1 aliphatic rings. The topological polar surface area (TPSA) is 18.8 Å². The quantitative estimate of drug-likeness (QED) is 0.732. The Kier molecular flexibility index (Phi) is 7.24. The van der Waals surface area contributed by atoms with Crippen molar-refractivity contribution >= 4 is 30.2 Å². The predicted octanol–water partition coefficient (Wildman–Crippen LogP) is 4.36. The summed E-state index contributed by atoms with van der Waals surface area (Å²) in [6, 6.07) is 13.3. The van der Waals surface area contributed by atoms with E-state index in [1.165, 1.54) is 23.4 Å². The largest absolute Gasteiger partial charge is 0.295 e. The molecule has 3 rings (SSSR count). The smallest absolute Gasteiger partial charge is 0.133 e. The van der Waals surface area contributed by atoms with Crippen LogP contribution in [0.15, 0.2) is 47.6 Å². The number of rotatable bonds is 4. The second-order valence-corrected chi connectivity index (χ2v) is 6.50. The van der Waals surface area contributed by atoms with Crippen molar-refractivity contribution in [2.45, 2.75) is 13.5 Å². The van der Waals surface area contributed by atoms with Gasteiger partial charge in [-0.3, -0.25) is 9.91 Å². The van der Waals surface area contributed by atoms with E-state index in [1.54, 1.807) is 12.1 Å². The maximum atomic E-state index is 13.7. The molecule has 6 heteroatoms. The van der Waals surface area contributed by atoms with E-state index < -0.39 is 0 Å². The Labute approximate surface area is 159 Å². The average Bonchev–Trinajstić information content (AvgIpc) is 2.58. The fourth-order valence-corrected chi connectivity index (χ4v) is 2.95. The van der Waals surface area contributed by atoms with Gasteiger partial charge in [-0.2, -0.15) is 5.10 Å². The minimum absolute atomic E-state index is 0. The molecule has 3 nitrogen and oxygen atoms in total. The first-order chi connectivity index (χ1) is 11.6. The molecular formula is C19H22Cl2FN3. The van der Waals surface area contributed by atoms with Gasteiger partial charge in [-0.1, -0.05) is 47.5 Å². The summed E-state index contributed by atoms with van der Waals surface area (Å²) in [4.78, 5) is 2.41. The molecular weight excluding hydrogens is 360 g/mol. The molecule has 1 heterocycles. The molecule has 0 unspecified atom stereocenters. The first-order valence-electron chi connectivity index (χ1n) is 8.12. The minimum atomic E-state index is -0.343. The van der Waals surface area contributed by atoms with Gasteiger partial charge in [-0.15, -0.1) is 12.4 Å². The summed E-state index contributed by atoms with van der Waals surface area (Å²) in [5, 5.41) is 6.74. The van der Waals surface area contributed by atoms with Crippen LogP contribution in [0.1, 0.15) is 16.7 Å². The van der Waals surface area contributed by atoms with Crippen molar-refractivity contribution in [1.29, 1.82) is 0 Å². The first-order valence-corrected chi connectivity index (χ1v) is 8.50. The van der Waals surface area contributed by atoms with Crippen molar-refractivity contribution in [1.82, 2.24) is 9.91 Å². The molecule has 134 valence electrons. The minimum Gasteiger partial charge on any atom is -0.295 e. The molecule has 0 radical (unpaired) electrons. The van der Waals surface area contributed by atoms with Gasteiger partial charge in [0.25, 0.3) is 0 Å². The van der Waals surface area contributed by atoms with Gasteiger partial charge in [0.1, 0.15) is 5.82 Å². The second kappa shape index (κ2) is 9.18. The number of hydrogen-bond acceptors (Lipinski definition) is 3. The Morgan fingerprint density at radius 3 is 2.40 bits per heavy atom. The van der Waals surface area contributed by atoms with Gasteiger partial charge in [-0.25, -0.2) is 4.39 Å². The third-order valence-electron chi connectivity index (χ3n) is 4.23. The lowest BCUT2D eigenvalue weighted by Crippen LogP contribution is -2.43. The lowest BCUT2D eigenvalue weighted by Gasteiger charge is -2.33. The van der Waals surface area contributed by atoms with E-state index in [4.69, 9.17) is 11.6 Å². The number of halogens is 3. The summed E-state index contributed by atoms with van der Waals surface area (Å²) in [6.07, 6.45) is 1.52. The van der Waals surface area contributed by atoms with E-state index >= 15 is 0 Å². The molecule has 1 aliphatic heterocycles. The van der Waals surface area contributed by atoms with Crippen LogP contribution in [0.25, 0.3) is 0 Å². The van der Waals surface area contributed by atoms with E-state index in [1.807, 2.05) is 5.01 Å². The summed E-state index contributed by atoms with van der Waals surface area (Å²) in [5.74, 6) is -0.343. The Hall–Kier alpha value is -1.62. The molecule has 0 aliphatic carbocycles. The molecule has 25 heavy (non-hydrogen) atoms. The maximum absolute atomic E-state index is 13.7. The van der Waals surface area contributed by atoms with Gasteiger partial charge >= 0.3 is 0 Å². The van der Waals surface area contributed by atoms with Gasteiger partial charge in [0, 0.05) is 38.3 Å². The van der Waals surface area contributed by atoms with Crippen LogP contribution in [0.2, 0.25) is 5.02 Å². The zero-order chi connectivity index (χ0) is 16.9. The fraction of sp³-hybridized carbons (Fsp3) is 0.316. The Morgan fingerprint density at radius 1 is 1.08 bits per heavy atom. The highest BCUT2D eigenvalue weighted by atomic mass is 35.5. The van der Waals surface area contributed by atoms with Crippen LogP contribution in [0.4, 0.5) is 4.39 Å². The summed E-state index contributed by atoms with van der Waals surface area (Å²) in [7, 11) is 0. The summed E-state index contributed by atoms with van der Waals surface area (Å²) in [5.41, 5.74) is 2.96. The fourth-order valence-electron chi connectivity index (χ4n) is 2.74. The monoisotopic (exact) mass is 381 g/mol. The molecule has 2 aromatic carbocycles. The normalized spacial score (nSPS) is 15.4. The van der Waals surface area contributed by atoms with Crippen molar-refractivity contribution in [3.05, 3.63) is 70.0 Å². The molecule has 0 atom stereocenters.